The van der Waals surface area contributed by atoms with Crippen LogP contribution in [0, 0.1) is 0 Å². The molecule has 1 N–H and O–H groups in total. The number of hydrogen-bond donors (Lipinski definition) is 1. The Morgan fingerprint density at radius 3 is 2.27 bits per heavy atom. The van der Waals surface area contributed by atoms with Gasteiger partial charge in [-0.3, -0.25) is 0 Å². The fourth-order valence-corrected chi connectivity index (χ4v) is 4.83. The number of benzene rings is 2. The van der Waals surface area contributed by atoms with Gasteiger partial charge in [-0.2, -0.15) is 4.72 Å². The van der Waals surface area contributed by atoms with E-state index in [0.29, 0.717) is 10.6 Å². The van der Waals surface area contributed by atoms with Gasteiger partial charge in [-0.15, -0.1) is 0 Å². The Balaban J connectivity index is 2.08. The van der Waals surface area contributed by atoms with Crippen LogP contribution in [0.5, 0.6) is 0 Å². The van der Waals surface area contributed by atoms with Crippen molar-refractivity contribution in [2.45, 2.75) is 14.7 Å². The first kappa shape index (κ1) is 19.8. The molecule has 1 aromatic heterocycles. The molecule has 0 unspecified atom stereocenters. The molecule has 0 aliphatic rings. The molecular weight excluding hydrogens is 438 g/mol. The van der Waals surface area contributed by atoms with E-state index in [1.165, 1.54) is 24.3 Å². The van der Waals surface area contributed by atoms with E-state index in [9.17, 15) is 8.42 Å². The Labute approximate surface area is 171 Å². The number of sulfonamides is 1. The molecule has 0 aliphatic heterocycles. The lowest BCUT2D eigenvalue weighted by Gasteiger charge is -2.25. The van der Waals surface area contributed by atoms with Gasteiger partial charge in [-0.1, -0.05) is 64.6 Å². The maximum absolute atomic E-state index is 12.8. The third-order valence-corrected chi connectivity index (χ3v) is 6.31. The molecule has 0 saturated heterocycles. The van der Waals surface area contributed by atoms with Crippen molar-refractivity contribution in [3.05, 3.63) is 65.3 Å². The lowest BCUT2D eigenvalue weighted by molar-refractivity contribution is 0.559. The minimum atomic E-state index is -3.94. The summed E-state index contributed by atoms with van der Waals surface area (Å²) in [6.07, 6.45) is 1.75. The number of nitrogens with one attached hydrogen (secondary N) is 1. The van der Waals surface area contributed by atoms with Crippen LogP contribution in [-0.4, -0.2) is 16.8 Å². The molecule has 138 valence electrons. The fourth-order valence-electron chi connectivity index (χ4n) is 2.75. The Bertz CT molecular complexity index is 1040. The molecule has 1 heterocycles. The molecule has 0 radical (unpaired) electrons. The lowest BCUT2D eigenvalue weighted by atomic mass is 10.1. The van der Waals surface area contributed by atoms with Crippen LogP contribution in [0.4, 0.5) is 0 Å². The Morgan fingerprint density at radius 2 is 1.65 bits per heavy atom. The molecule has 0 bridgehead atoms. The highest BCUT2D eigenvalue weighted by molar-refractivity contribution is 7.89. The Kier molecular flexibility index (Phi) is 5.50. The maximum atomic E-state index is 12.8. The molecule has 0 saturated carbocycles. The topological polar surface area (TPSA) is 51.1 Å². The average molecular weight is 452 g/mol. The molecule has 1 atom stereocenters. The van der Waals surface area contributed by atoms with Crippen molar-refractivity contribution in [2.75, 3.05) is 0 Å². The summed E-state index contributed by atoms with van der Waals surface area (Å²) in [5.41, 5.74) is 1.47. The van der Waals surface area contributed by atoms with E-state index >= 15 is 0 Å². The summed E-state index contributed by atoms with van der Waals surface area (Å²) in [6.45, 7) is 0. The highest BCUT2D eigenvalue weighted by Crippen LogP contribution is 2.43. The van der Waals surface area contributed by atoms with Gasteiger partial charge in [-0.05, 0) is 35.9 Å². The first-order valence-electron chi connectivity index (χ1n) is 7.48. The van der Waals surface area contributed by atoms with Gasteiger partial charge in [0.15, 0.2) is 0 Å². The van der Waals surface area contributed by atoms with E-state index in [1.54, 1.807) is 6.20 Å². The first-order chi connectivity index (χ1) is 12.1. The van der Waals surface area contributed by atoms with E-state index in [1.807, 2.05) is 35.9 Å². The largest absolute Gasteiger partial charge is 0.350 e. The lowest BCUT2D eigenvalue weighted by Crippen LogP contribution is -2.36. The predicted octanol–water partition coefficient (Wildman–Crippen LogP) is 5.22. The van der Waals surface area contributed by atoms with Crippen molar-refractivity contribution in [2.24, 2.45) is 7.05 Å². The first-order valence-corrected chi connectivity index (χ1v) is 10.5. The van der Waals surface area contributed by atoms with Crippen molar-refractivity contribution in [1.29, 1.82) is 0 Å². The Hall–Kier alpha value is -0.950. The second-order valence-electron chi connectivity index (χ2n) is 5.76. The van der Waals surface area contributed by atoms with Crippen molar-refractivity contribution >= 4 is 67.3 Å². The van der Waals surface area contributed by atoms with Crippen molar-refractivity contribution in [3.63, 3.8) is 0 Å². The third-order valence-electron chi connectivity index (χ3n) is 3.96. The molecule has 3 aromatic rings. The molecule has 0 fully saturated rings. The zero-order valence-corrected chi connectivity index (χ0v) is 17.3. The van der Waals surface area contributed by atoms with Crippen LogP contribution in [0.1, 0.15) is 11.6 Å². The molecule has 26 heavy (non-hydrogen) atoms. The number of hydrogen-bond acceptors (Lipinski definition) is 2. The molecule has 4 nitrogen and oxygen atoms in total. The highest BCUT2D eigenvalue weighted by Gasteiger charge is 2.39. The fraction of sp³-hybridized carbons (Fsp3) is 0.176. The van der Waals surface area contributed by atoms with Crippen LogP contribution in [0.15, 0.2) is 59.6 Å². The minimum Gasteiger partial charge on any atom is -0.350 e. The van der Waals surface area contributed by atoms with E-state index in [4.69, 9.17) is 46.4 Å². The van der Waals surface area contributed by atoms with Crippen molar-refractivity contribution in [1.82, 2.24) is 9.29 Å². The van der Waals surface area contributed by atoms with Crippen molar-refractivity contribution < 1.29 is 8.42 Å². The number of aryl methyl sites for hydroxylation is 1. The third kappa shape index (κ3) is 3.98. The zero-order chi connectivity index (χ0) is 19.1. The average Bonchev–Trinajstić information content (AvgIpc) is 2.89. The minimum absolute atomic E-state index is 0.0291. The number of halogens is 4. The van der Waals surface area contributed by atoms with Crippen LogP contribution >= 0.6 is 46.4 Å². The molecule has 3 rings (SSSR count). The van der Waals surface area contributed by atoms with Gasteiger partial charge in [0.25, 0.3) is 0 Å². The summed E-state index contributed by atoms with van der Waals surface area (Å²) in [6, 6.07) is 12.2. The molecule has 0 spiro atoms. The predicted molar refractivity (Wildman–Crippen MR) is 108 cm³/mol. The molecule has 9 heteroatoms. The summed E-state index contributed by atoms with van der Waals surface area (Å²) >= 11 is 24.2. The maximum Gasteiger partial charge on any atom is 0.241 e. The van der Waals surface area contributed by atoms with Gasteiger partial charge in [0, 0.05) is 29.2 Å². The van der Waals surface area contributed by atoms with Gasteiger partial charge < -0.3 is 4.57 Å². The zero-order valence-electron chi connectivity index (χ0n) is 13.5. The van der Waals surface area contributed by atoms with Crippen LogP contribution in [0.2, 0.25) is 5.02 Å². The van der Waals surface area contributed by atoms with E-state index in [0.717, 1.165) is 10.9 Å². The number of alkyl halides is 3. The number of para-hydroxylation sites is 1. The van der Waals surface area contributed by atoms with Crippen molar-refractivity contribution in [3.8, 4) is 0 Å². The number of aromatic nitrogens is 1. The molecule has 0 aliphatic carbocycles. The summed E-state index contributed by atoms with van der Waals surface area (Å²) in [7, 11) is -2.10. The Morgan fingerprint density at radius 1 is 1.04 bits per heavy atom. The highest BCUT2D eigenvalue weighted by atomic mass is 35.6. The second kappa shape index (κ2) is 7.23. The van der Waals surface area contributed by atoms with Crippen LogP contribution < -0.4 is 4.72 Å². The van der Waals surface area contributed by atoms with E-state index in [2.05, 4.69) is 4.72 Å². The van der Waals surface area contributed by atoms with Gasteiger partial charge in [0.05, 0.1) is 10.9 Å². The van der Waals surface area contributed by atoms with Gasteiger partial charge in [0.2, 0.25) is 13.8 Å². The van der Waals surface area contributed by atoms with Gasteiger partial charge >= 0.3 is 0 Å². The van der Waals surface area contributed by atoms with Crippen LogP contribution in [-0.2, 0) is 17.1 Å². The van der Waals surface area contributed by atoms with Gasteiger partial charge in [0.1, 0.15) is 0 Å². The van der Waals surface area contributed by atoms with Crippen LogP contribution in [0.25, 0.3) is 10.9 Å². The molecule has 0 amide bonds. The van der Waals surface area contributed by atoms with Gasteiger partial charge in [-0.25, -0.2) is 8.42 Å². The summed E-state index contributed by atoms with van der Waals surface area (Å²) in [5, 5.41) is 1.22. The number of nitrogens with zero attached hydrogens (tertiary/aromatic N) is 1. The number of rotatable bonds is 4. The smallest absolute Gasteiger partial charge is 0.241 e. The quantitative estimate of drug-likeness (QED) is 0.552. The summed E-state index contributed by atoms with van der Waals surface area (Å²) < 4.78 is 28.0. The number of fused-ring (bicyclic) bond motifs is 1. The molecular formula is C17H14Cl4N2O2S. The standard InChI is InChI=1S/C17H14Cl4N2O2S/c1-23-10-14(13-4-2-3-5-15(13)23)16(17(19,20)21)22-26(24,25)12-8-6-11(18)7-9-12/h2-10,16,22H,1H3/t16-/m0/s1. The van der Waals surface area contributed by atoms with Crippen LogP contribution in [0.3, 0.4) is 0 Å². The normalized spacial score (nSPS) is 13.9. The summed E-state index contributed by atoms with van der Waals surface area (Å²) in [4.78, 5) is 0.0291. The summed E-state index contributed by atoms with van der Waals surface area (Å²) in [5.74, 6) is 0. The van der Waals surface area contributed by atoms with E-state index < -0.39 is 19.9 Å². The SMILES string of the molecule is Cn1cc([C@H](NS(=O)(=O)c2ccc(Cl)cc2)C(Cl)(Cl)Cl)c2ccccc21. The monoisotopic (exact) mass is 450 g/mol. The molecule has 2 aromatic carbocycles. The second-order valence-corrected chi connectivity index (χ2v) is 10.3. The van der Waals surface area contributed by atoms with E-state index in [-0.39, 0.29) is 4.90 Å².